The lowest BCUT2D eigenvalue weighted by Gasteiger charge is -2.35. The third-order valence-corrected chi connectivity index (χ3v) is 4.39. The maximum absolute atomic E-state index is 13.1. The molecule has 1 heterocycles. The number of hydrogen-bond acceptors (Lipinski definition) is 2. The van der Waals surface area contributed by atoms with E-state index < -0.39 is 23.7 Å². The molecule has 0 radical (unpaired) electrons. The normalized spacial score (nSPS) is 22.5. The molecule has 0 aromatic heterocycles. The van der Waals surface area contributed by atoms with Gasteiger partial charge >= 0.3 is 12.0 Å². The molecule has 2 unspecified atom stereocenters. The van der Waals surface area contributed by atoms with Crippen molar-refractivity contribution in [1.29, 1.82) is 0 Å². The van der Waals surface area contributed by atoms with E-state index in [0.717, 1.165) is 0 Å². The van der Waals surface area contributed by atoms with E-state index in [1.165, 1.54) is 23.1 Å². The van der Waals surface area contributed by atoms with E-state index in [9.17, 15) is 14.0 Å². The molecule has 3 atom stereocenters. The summed E-state index contributed by atoms with van der Waals surface area (Å²) >= 11 is 6.00. The fraction of sp³-hybridized carbons (Fsp3) is 0.500. The largest absolute Gasteiger partial charge is 0.481 e. The summed E-state index contributed by atoms with van der Waals surface area (Å²) in [6.45, 7) is 4.38. The summed E-state index contributed by atoms with van der Waals surface area (Å²) in [5.74, 6) is -1.75. The molecule has 126 valence electrons. The number of hydrogen-bond donors (Lipinski definition) is 2. The molecule has 5 nitrogen and oxygen atoms in total. The summed E-state index contributed by atoms with van der Waals surface area (Å²) in [4.78, 5) is 25.1. The van der Waals surface area contributed by atoms with E-state index in [0.29, 0.717) is 18.5 Å². The summed E-state index contributed by atoms with van der Waals surface area (Å²) in [7, 11) is 0. The molecule has 1 aromatic carbocycles. The van der Waals surface area contributed by atoms with Gasteiger partial charge in [0.1, 0.15) is 5.82 Å². The average Bonchev–Trinajstić information content (AvgIpc) is 2.46. The molecular formula is C16H20ClFN2O3. The second-order valence-electron chi connectivity index (χ2n) is 6.12. The second-order valence-corrected chi connectivity index (χ2v) is 6.53. The first-order chi connectivity index (χ1) is 10.8. The molecule has 0 bridgehead atoms. The number of likely N-dealkylation sites (tertiary alicyclic amines) is 1. The van der Waals surface area contributed by atoms with Gasteiger partial charge in [0, 0.05) is 18.1 Å². The summed E-state index contributed by atoms with van der Waals surface area (Å²) in [5, 5.41) is 12.2. The van der Waals surface area contributed by atoms with Gasteiger partial charge in [-0.1, -0.05) is 24.6 Å². The van der Waals surface area contributed by atoms with Crippen LogP contribution in [-0.2, 0) is 4.79 Å². The number of carboxylic acid groups (broad SMARTS) is 1. The van der Waals surface area contributed by atoms with Gasteiger partial charge in [-0.05, 0) is 37.0 Å². The fourth-order valence-electron chi connectivity index (χ4n) is 2.90. The van der Waals surface area contributed by atoms with Crippen molar-refractivity contribution in [1.82, 2.24) is 10.2 Å². The molecule has 0 spiro atoms. The molecule has 1 aliphatic heterocycles. The molecule has 7 heteroatoms. The van der Waals surface area contributed by atoms with Crippen LogP contribution in [0.3, 0.4) is 0 Å². The predicted molar refractivity (Wildman–Crippen MR) is 84.8 cm³/mol. The van der Waals surface area contributed by atoms with Gasteiger partial charge in [-0.2, -0.15) is 0 Å². The van der Waals surface area contributed by atoms with Crippen LogP contribution in [0.5, 0.6) is 0 Å². The third kappa shape index (κ3) is 4.34. The Morgan fingerprint density at radius 3 is 2.74 bits per heavy atom. The number of halogens is 2. The Hall–Kier alpha value is -1.82. The highest BCUT2D eigenvalue weighted by atomic mass is 35.5. The number of aliphatic carboxylic acids is 1. The van der Waals surface area contributed by atoms with Gasteiger partial charge in [-0.3, -0.25) is 4.79 Å². The molecular weight excluding hydrogens is 323 g/mol. The number of carboxylic acids is 1. The van der Waals surface area contributed by atoms with Crippen LogP contribution in [0.4, 0.5) is 9.18 Å². The molecule has 1 aliphatic rings. The van der Waals surface area contributed by atoms with Crippen LogP contribution < -0.4 is 5.32 Å². The van der Waals surface area contributed by atoms with E-state index in [1.54, 1.807) is 6.92 Å². The summed E-state index contributed by atoms with van der Waals surface area (Å²) < 4.78 is 13.1. The number of benzene rings is 1. The molecule has 0 saturated carbocycles. The van der Waals surface area contributed by atoms with Crippen LogP contribution in [0, 0.1) is 17.7 Å². The van der Waals surface area contributed by atoms with Crippen LogP contribution >= 0.6 is 11.6 Å². The van der Waals surface area contributed by atoms with Crippen molar-refractivity contribution in [3.63, 3.8) is 0 Å². The van der Waals surface area contributed by atoms with Crippen molar-refractivity contribution in [2.75, 3.05) is 13.1 Å². The van der Waals surface area contributed by atoms with Gasteiger partial charge in [-0.15, -0.1) is 0 Å². The van der Waals surface area contributed by atoms with Crippen molar-refractivity contribution in [3.05, 3.63) is 34.6 Å². The zero-order valence-electron chi connectivity index (χ0n) is 13.1. The van der Waals surface area contributed by atoms with Crippen LogP contribution in [-0.4, -0.2) is 35.1 Å². The van der Waals surface area contributed by atoms with Crippen LogP contribution in [0.15, 0.2) is 18.2 Å². The van der Waals surface area contributed by atoms with Gasteiger partial charge in [0.2, 0.25) is 0 Å². The van der Waals surface area contributed by atoms with Crippen molar-refractivity contribution in [3.8, 4) is 0 Å². The fourth-order valence-corrected chi connectivity index (χ4v) is 3.23. The number of urea groups is 1. The van der Waals surface area contributed by atoms with Crippen molar-refractivity contribution in [2.45, 2.75) is 26.3 Å². The Kier molecular flexibility index (Phi) is 5.46. The summed E-state index contributed by atoms with van der Waals surface area (Å²) in [6.07, 6.45) is 0.568. The number of rotatable bonds is 3. The minimum absolute atomic E-state index is 0.125. The first-order valence-corrected chi connectivity index (χ1v) is 7.89. The molecule has 2 amide bonds. The molecule has 1 aromatic rings. The number of piperidine rings is 1. The molecule has 2 N–H and O–H groups in total. The SMILES string of the molecule is CC1CC(C(=O)O)CN(C(=O)N[C@@H](C)c2ccc(F)cc2Cl)C1. The first-order valence-electron chi connectivity index (χ1n) is 7.51. The number of carbonyl (C=O) groups is 2. The average molecular weight is 343 g/mol. The lowest BCUT2D eigenvalue weighted by Crippen LogP contribution is -2.49. The second kappa shape index (κ2) is 7.17. The van der Waals surface area contributed by atoms with E-state index in [-0.39, 0.29) is 23.5 Å². The summed E-state index contributed by atoms with van der Waals surface area (Å²) in [5.41, 5.74) is 0.612. The van der Waals surface area contributed by atoms with Crippen LogP contribution in [0.25, 0.3) is 0 Å². The Bertz CT molecular complexity index is 611. The Labute approximate surface area is 139 Å². The highest BCUT2D eigenvalue weighted by Gasteiger charge is 2.32. The van der Waals surface area contributed by atoms with Gasteiger partial charge < -0.3 is 15.3 Å². The van der Waals surface area contributed by atoms with Crippen LogP contribution in [0.2, 0.25) is 5.02 Å². The molecule has 23 heavy (non-hydrogen) atoms. The number of nitrogens with zero attached hydrogens (tertiary/aromatic N) is 1. The van der Waals surface area contributed by atoms with Gasteiger partial charge in [0.25, 0.3) is 0 Å². The minimum Gasteiger partial charge on any atom is -0.481 e. The lowest BCUT2D eigenvalue weighted by atomic mass is 9.91. The van der Waals surface area contributed by atoms with Gasteiger partial charge in [0.05, 0.1) is 12.0 Å². The molecule has 1 saturated heterocycles. The topological polar surface area (TPSA) is 69.6 Å². The summed E-state index contributed by atoms with van der Waals surface area (Å²) in [6, 6.07) is 3.27. The molecule has 1 fully saturated rings. The highest BCUT2D eigenvalue weighted by molar-refractivity contribution is 6.31. The predicted octanol–water partition coefficient (Wildman–Crippen LogP) is 3.29. The third-order valence-electron chi connectivity index (χ3n) is 4.07. The van der Waals surface area contributed by atoms with Gasteiger partial charge in [0.15, 0.2) is 0 Å². The van der Waals surface area contributed by atoms with Crippen molar-refractivity contribution in [2.24, 2.45) is 11.8 Å². The lowest BCUT2D eigenvalue weighted by molar-refractivity contribution is -0.143. The van der Waals surface area contributed by atoms with E-state index in [4.69, 9.17) is 16.7 Å². The maximum Gasteiger partial charge on any atom is 0.317 e. The first kappa shape index (κ1) is 17.5. The Morgan fingerprint density at radius 2 is 2.13 bits per heavy atom. The van der Waals surface area contributed by atoms with Gasteiger partial charge in [-0.25, -0.2) is 9.18 Å². The van der Waals surface area contributed by atoms with Crippen molar-refractivity contribution >= 4 is 23.6 Å². The number of carbonyl (C=O) groups excluding carboxylic acids is 1. The standard InChI is InChI=1S/C16H20ClFN2O3/c1-9-5-11(15(21)22)8-20(7-9)16(23)19-10(2)13-4-3-12(18)6-14(13)17/h3-4,6,9-11H,5,7-8H2,1-2H3,(H,19,23)(H,21,22)/t9?,10-,11?/m0/s1. The number of amides is 2. The van der Waals surface area contributed by atoms with Crippen LogP contribution in [0.1, 0.15) is 31.9 Å². The molecule has 0 aliphatic carbocycles. The highest BCUT2D eigenvalue weighted by Crippen LogP contribution is 2.25. The minimum atomic E-state index is -0.885. The number of nitrogens with one attached hydrogen (secondary N) is 1. The quantitative estimate of drug-likeness (QED) is 0.885. The Balaban J connectivity index is 2.04. The van der Waals surface area contributed by atoms with E-state index >= 15 is 0 Å². The van der Waals surface area contributed by atoms with E-state index in [2.05, 4.69) is 5.32 Å². The zero-order chi connectivity index (χ0) is 17.1. The maximum atomic E-state index is 13.1. The van der Waals surface area contributed by atoms with E-state index in [1.807, 2.05) is 6.92 Å². The smallest absolute Gasteiger partial charge is 0.317 e. The molecule has 2 rings (SSSR count). The van der Waals surface area contributed by atoms with Crippen molar-refractivity contribution < 1.29 is 19.1 Å². The Morgan fingerprint density at radius 1 is 1.43 bits per heavy atom. The monoisotopic (exact) mass is 342 g/mol. The zero-order valence-corrected chi connectivity index (χ0v) is 13.8.